The van der Waals surface area contributed by atoms with Crippen LogP contribution < -0.4 is 20.2 Å². The van der Waals surface area contributed by atoms with Gasteiger partial charge in [0.15, 0.2) is 11.5 Å². The van der Waals surface area contributed by atoms with E-state index < -0.39 is 11.8 Å². The predicted molar refractivity (Wildman–Crippen MR) is 115 cm³/mol. The fourth-order valence-corrected chi connectivity index (χ4v) is 2.46. The number of carbonyl (C=O) groups excluding carboxylic acids is 2. The summed E-state index contributed by atoms with van der Waals surface area (Å²) in [6, 6.07) is 13.1. The van der Waals surface area contributed by atoms with Crippen molar-refractivity contribution in [1.29, 1.82) is 0 Å². The normalized spacial score (nSPS) is 10.4. The fourth-order valence-electron chi connectivity index (χ4n) is 2.20. The number of halogens is 1. The van der Waals surface area contributed by atoms with Crippen LogP contribution >= 0.6 is 15.9 Å². The van der Waals surface area contributed by atoms with Gasteiger partial charge >= 0.3 is 11.8 Å². The molecule has 0 saturated heterocycles. The number of hydrogen-bond donors (Lipinski definition) is 2. The van der Waals surface area contributed by atoms with Crippen molar-refractivity contribution in [3.63, 3.8) is 0 Å². The van der Waals surface area contributed by atoms with E-state index in [0.717, 1.165) is 10.0 Å². The molecular formula is C21H22BrN3O4. The van der Waals surface area contributed by atoms with Crippen molar-refractivity contribution in [3.8, 4) is 11.5 Å². The van der Waals surface area contributed by atoms with Crippen LogP contribution in [0.3, 0.4) is 0 Å². The molecule has 0 atom stereocenters. The van der Waals surface area contributed by atoms with Gasteiger partial charge in [-0.05, 0) is 48.4 Å². The Bertz CT molecular complexity index is 882. The molecule has 2 aromatic carbocycles. The highest BCUT2D eigenvalue weighted by molar-refractivity contribution is 9.10. The Morgan fingerprint density at radius 1 is 1.10 bits per heavy atom. The molecule has 0 saturated carbocycles. The summed E-state index contributed by atoms with van der Waals surface area (Å²) in [5.74, 6) is -0.486. The zero-order valence-electron chi connectivity index (χ0n) is 16.0. The molecule has 2 N–H and O–H groups in total. The van der Waals surface area contributed by atoms with Gasteiger partial charge in [0.05, 0.1) is 12.8 Å². The minimum atomic E-state index is -0.859. The van der Waals surface area contributed by atoms with Crippen LogP contribution in [0.25, 0.3) is 0 Å². The van der Waals surface area contributed by atoms with Crippen LogP contribution in [0, 0.1) is 0 Å². The summed E-state index contributed by atoms with van der Waals surface area (Å²) in [5, 5.41) is 6.15. The molecular weight excluding hydrogens is 438 g/mol. The zero-order chi connectivity index (χ0) is 21.1. The lowest BCUT2D eigenvalue weighted by atomic mass is 10.2. The van der Waals surface area contributed by atoms with Crippen LogP contribution in [0.5, 0.6) is 11.5 Å². The van der Waals surface area contributed by atoms with E-state index in [2.05, 4.69) is 38.4 Å². The van der Waals surface area contributed by atoms with Gasteiger partial charge in [0.25, 0.3) is 0 Å². The average molecular weight is 460 g/mol. The van der Waals surface area contributed by atoms with Crippen LogP contribution in [-0.4, -0.2) is 31.2 Å². The fraction of sp³-hybridized carbons (Fsp3) is 0.190. The monoisotopic (exact) mass is 459 g/mol. The quantitative estimate of drug-likeness (QED) is 0.261. The zero-order valence-corrected chi connectivity index (χ0v) is 17.6. The van der Waals surface area contributed by atoms with Gasteiger partial charge in [0.1, 0.15) is 6.61 Å². The van der Waals surface area contributed by atoms with E-state index in [9.17, 15) is 9.59 Å². The van der Waals surface area contributed by atoms with Crippen molar-refractivity contribution in [3.05, 3.63) is 70.7 Å². The van der Waals surface area contributed by atoms with Crippen LogP contribution in [0.15, 0.2) is 64.7 Å². The minimum absolute atomic E-state index is 0.204. The maximum Gasteiger partial charge on any atom is 0.329 e. The van der Waals surface area contributed by atoms with E-state index in [1.165, 1.54) is 12.3 Å². The maximum absolute atomic E-state index is 11.6. The molecule has 152 valence electrons. The van der Waals surface area contributed by atoms with Crippen molar-refractivity contribution < 1.29 is 19.1 Å². The average Bonchev–Trinajstić information content (AvgIpc) is 2.72. The lowest BCUT2D eigenvalue weighted by molar-refractivity contribution is -0.139. The van der Waals surface area contributed by atoms with Crippen molar-refractivity contribution in [2.24, 2.45) is 5.10 Å². The molecule has 29 heavy (non-hydrogen) atoms. The van der Waals surface area contributed by atoms with E-state index in [-0.39, 0.29) is 6.54 Å². The number of ether oxygens (including phenoxy) is 2. The second kappa shape index (κ2) is 11.7. The smallest absolute Gasteiger partial charge is 0.329 e. The number of carbonyl (C=O) groups is 2. The maximum atomic E-state index is 11.6. The van der Waals surface area contributed by atoms with Gasteiger partial charge in [-0.15, -0.1) is 6.58 Å². The summed E-state index contributed by atoms with van der Waals surface area (Å²) < 4.78 is 12.5. The molecule has 0 radical (unpaired) electrons. The van der Waals surface area contributed by atoms with Crippen molar-refractivity contribution in [1.82, 2.24) is 10.7 Å². The summed E-state index contributed by atoms with van der Waals surface area (Å²) in [7, 11) is 0. The van der Waals surface area contributed by atoms with Crippen LogP contribution in [0.1, 0.15) is 18.1 Å². The van der Waals surface area contributed by atoms with Gasteiger partial charge in [-0.25, -0.2) is 5.43 Å². The third-order valence-electron chi connectivity index (χ3n) is 3.57. The largest absolute Gasteiger partial charge is 0.490 e. The molecule has 0 unspecified atom stereocenters. The van der Waals surface area contributed by atoms with Gasteiger partial charge in [0.2, 0.25) is 0 Å². The number of hydrazone groups is 1. The highest BCUT2D eigenvalue weighted by atomic mass is 79.9. The first kappa shape index (κ1) is 22.2. The number of amides is 2. The summed E-state index contributed by atoms with van der Waals surface area (Å²) in [5.41, 5.74) is 3.87. The number of hydrogen-bond acceptors (Lipinski definition) is 5. The van der Waals surface area contributed by atoms with Crippen LogP contribution in [0.2, 0.25) is 0 Å². The van der Waals surface area contributed by atoms with Gasteiger partial charge in [-0.3, -0.25) is 9.59 Å². The van der Waals surface area contributed by atoms with Crippen molar-refractivity contribution in [2.45, 2.75) is 13.5 Å². The lowest BCUT2D eigenvalue weighted by Gasteiger charge is -2.12. The van der Waals surface area contributed by atoms with Gasteiger partial charge < -0.3 is 14.8 Å². The van der Waals surface area contributed by atoms with E-state index in [1.54, 1.807) is 18.2 Å². The first-order chi connectivity index (χ1) is 14.0. The van der Waals surface area contributed by atoms with Crippen molar-refractivity contribution in [2.75, 3.05) is 13.2 Å². The molecule has 0 aromatic heterocycles. The predicted octanol–water partition coefficient (Wildman–Crippen LogP) is 3.18. The second-order valence-electron chi connectivity index (χ2n) is 5.75. The summed E-state index contributed by atoms with van der Waals surface area (Å²) in [6.45, 7) is 6.41. The van der Waals surface area contributed by atoms with Gasteiger partial charge in [-0.2, -0.15) is 5.10 Å². The first-order valence-corrected chi connectivity index (χ1v) is 9.69. The molecule has 8 heteroatoms. The third kappa shape index (κ3) is 7.42. The summed E-state index contributed by atoms with van der Waals surface area (Å²) in [6.07, 6.45) is 2.89. The SMILES string of the molecule is C=CCNC(=O)C(=O)N/N=C\c1ccc(OCc2ccc(Br)cc2)c(OCC)c1. The molecule has 2 amide bonds. The molecule has 0 heterocycles. The first-order valence-electron chi connectivity index (χ1n) is 8.89. The van der Waals surface area contributed by atoms with E-state index in [4.69, 9.17) is 9.47 Å². The van der Waals surface area contributed by atoms with Gasteiger partial charge in [0, 0.05) is 11.0 Å². The Balaban J connectivity index is 2.00. The van der Waals surface area contributed by atoms with Crippen molar-refractivity contribution >= 4 is 34.0 Å². The molecule has 0 aliphatic rings. The third-order valence-corrected chi connectivity index (χ3v) is 4.10. The Hall–Kier alpha value is -3.13. The molecule has 0 fully saturated rings. The molecule has 0 bridgehead atoms. The summed E-state index contributed by atoms with van der Waals surface area (Å²) >= 11 is 3.40. The Morgan fingerprint density at radius 3 is 2.55 bits per heavy atom. The molecule has 2 aromatic rings. The van der Waals surface area contributed by atoms with Crippen LogP contribution in [0.4, 0.5) is 0 Å². The number of nitrogens with one attached hydrogen (secondary N) is 2. The lowest BCUT2D eigenvalue weighted by Crippen LogP contribution is -2.37. The minimum Gasteiger partial charge on any atom is -0.490 e. The van der Waals surface area contributed by atoms with E-state index in [0.29, 0.717) is 30.3 Å². The molecule has 0 aliphatic heterocycles. The number of nitrogens with zero attached hydrogens (tertiary/aromatic N) is 1. The molecule has 0 aliphatic carbocycles. The molecule has 2 rings (SSSR count). The Labute approximate surface area is 177 Å². The van der Waals surface area contributed by atoms with Crippen LogP contribution in [-0.2, 0) is 16.2 Å². The highest BCUT2D eigenvalue weighted by Gasteiger charge is 2.11. The molecule has 0 spiro atoms. The standard InChI is InChI=1S/C21H22BrN3O4/c1-3-11-23-20(26)21(27)25-24-13-16-7-10-18(19(12-16)28-4-2)29-14-15-5-8-17(22)9-6-15/h3,5-10,12-13H,1,4,11,14H2,2H3,(H,23,26)(H,25,27)/b24-13-. The van der Waals surface area contributed by atoms with E-state index >= 15 is 0 Å². The summed E-state index contributed by atoms with van der Waals surface area (Å²) in [4.78, 5) is 23.0. The number of rotatable bonds is 9. The topological polar surface area (TPSA) is 89.0 Å². The van der Waals surface area contributed by atoms with E-state index in [1.807, 2.05) is 31.2 Å². The number of benzene rings is 2. The van der Waals surface area contributed by atoms with Gasteiger partial charge in [-0.1, -0.05) is 34.1 Å². The second-order valence-corrected chi connectivity index (χ2v) is 6.67. The molecule has 7 nitrogen and oxygen atoms in total. The Kier molecular flexibility index (Phi) is 8.91. The highest BCUT2D eigenvalue weighted by Crippen LogP contribution is 2.29. The Morgan fingerprint density at radius 2 is 1.86 bits per heavy atom.